The van der Waals surface area contributed by atoms with Gasteiger partial charge in [0.15, 0.2) is 0 Å². The Bertz CT molecular complexity index is 780. The molecule has 1 aliphatic heterocycles. The fraction of sp³-hybridized carbons (Fsp3) is 0.450. The Morgan fingerprint density at radius 2 is 2.12 bits per heavy atom. The summed E-state index contributed by atoms with van der Waals surface area (Å²) in [6.45, 7) is 3.10. The summed E-state index contributed by atoms with van der Waals surface area (Å²) in [4.78, 5) is 17.4. The molecule has 0 radical (unpaired) electrons. The lowest BCUT2D eigenvalue weighted by Crippen LogP contribution is -2.35. The van der Waals surface area contributed by atoms with Gasteiger partial charge in [0.05, 0.1) is 12.0 Å². The lowest BCUT2D eigenvalue weighted by Gasteiger charge is -2.29. The highest BCUT2D eigenvalue weighted by Gasteiger charge is 2.27. The Labute approximate surface area is 147 Å². The van der Waals surface area contributed by atoms with E-state index in [1.807, 2.05) is 17.0 Å². The van der Waals surface area contributed by atoms with E-state index < -0.39 is 0 Å². The van der Waals surface area contributed by atoms with E-state index in [0.717, 1.165) is 54.5 Å². The lowest BCUT2D eigenvalue weighted by atomic mass is 9.90. The van der Waals surface area contributed by atoms with Gasteiger partial charge < -0.3 is 9.64 Å². The van der Waals surface area contributed by atoms with E-state index in [1.54, 1.807) is 18.4 Å². The molecule has 0 unspecified atom stereocenters. The fourth-order valence-corrected chi connectivity index (χ4v) is 5.01. The summed E-state index contributed by atoms with van der Waals surface area (Å²) in [5, 5.41) is 0. The first-order valence-corrected chi connectivity index (χ1v) is 9.57. The van der Waals surface area contributed by atoms with Crippen LogP contribution in [0.2, 0.25) is 0 Å². The normalized spacial score (nSPS) is 19.6. The largest absolute Gasteiger partial charge is 0.497 e. The molecular weight excluding hydrogens is 318 g/mol. The number of thiophene rings is 1. The van der Waals surface area contributed by atoms with Crippen molar-refractivity contribution < 1.29 is 9.53 Å². The molecule has 24 heavy (non-hydrogen) atoms. The topological polar surface area (TPSA) is 29.5 Å². The molecule has 3 nitrogen and oxygen atoms in total. The highest BCUT2D eigenvalue weighted by atomic mass is 32.1. The van der Waals surface area contributed by atoms with Gasteiger partial charge in [-0.1, -0.05) is 6.92 Å². The molecule has 0 saturated heterocycles. The van der Waals surface area contributed by atoms with Crippen molar-refractivity contribution in [3.05, 3.63) is 45.1 Å². The number of aryl methyl sites for hydroxylation is 2. The summed E-state index contributed by atoms with van der Waals surface area (Å²) >= 11 is 1.71. The summed E-state index contributed by atoms with van der Waals surface area (Å²) in [6.07, 6.45) is 5.51. The van der Waals surface area contributed by atoms with E-state index in [-0.39, 0.29) is 5.91 Å². The third-order valence-corrected chi connectivity index (χ3v) is 6.42. The summed E-state index contributed by atoms with van der Waals surface area (Å²) in [6, 6.07) is 8.19. The Kier molecular flexibility index (Phi) is 4.09. The van der Waals surface area contributed by atoms with Gasteiger partial charge in [-0.15, -0.1) is 11.3 Å². The molecule has 2 aliphatic rings. The molecule has 126 valence electrons. The van der Waals surface area contributed by atoms with E-state index in [9.17, 15) is 4.79 Å². The smallest absolute Gasteiger partial charge is 0.268 e. The van der Waals surface area contributed by atoms with Crippen LogP contribution in [0, 0.1) is 5.92 Å². The third kappa shape index (κ3) is 2.73. The van der Waals surface area contributed by atoms with Crippen molar-refractivity contribution in [2.45, 2.75) is 39.0 Å². The van der Waals surface area contributed by atoms with Gasteiger partial charge in [0.25, 0.3) is 5.91 Å². The number of benzene rings is 1. The zero-order valence-electron chi connectivity index (χ0n) is 14.3. The average Bonchev–Trinajstić information content (AvgIpc) is 3.03. The summed E-state index contributed by atoms with van der Waals surface area (Å²) < 4.78 is 5.32. The van der Waals surface area contributed by atoms with Crippen molar-refractivity contribution in [2.75, 3.05) is 18.6 Å². The number of nitrogens with zero attached hydrogens (tertiary/aromatic N) is 1. The van der Waals surface area contributed by atoms with Crippen LogP contribution in [-0.4, -0.2) is 19.6 Å². The van der Waals surface area contributed by atoms with Gasteiger partial charge in [0.2, 0.25) is 0 Å². The molecule has 1 aromatic carbocycles. The van der Waals surface area contributed by atoms with Crippen molar-refractivity contribution in [2.24, 2.45) is 5.92 Å². The summed E-state index contributed by atoms with van der Waals surface area (Å²) in [5.41, 5.74) is 3.66. The second-order valence-corrected chi connectivity index (χ2v) is 8.10. The van der Waals surface area contributed by atoms with Crippen molar-refractivity contribution in [1.29, 1.82) is 0 Å². The first-order valence-electron chi connectivity index (χ1n) is 8.76. The van der Waals surface area contributed by atoms with Gasteiger partial charge in [0, 0.05) is 17.1 Å². The number of anilines is 1. The quantitative estimate of drug-likeness (QED) is 0.806. The molecule has 4 heteroatoms. The maximum absolute atomic E-state index is 13.1. The van der Waals surface area contributed by atoms with Gasteiger partial charge in [-0.05, 0) is 73.4 Å². The second kappa shape index (κ2) is 6.25. The minimum atomic E-state index is 0.160. The van der Waals surface area contributed by atoms with E-state index in [1.165, 1.54) is 22.4 Å². The molecule has 0 spiro atoms. The predicted octanol–water partition coefficient (Wildman–Crippen LogP) is 4.47. The van der Waals surface area contributed by atoms with Crippen LogP contribution in [0.1, 0.15) is 45.4 Å². The van der Waals surface area contributed by atoms with Crippen LogP contribution in [0.3, 0.4) is 0 Å². The van der Waals surface area contributed by atoms with Crippen molar-refractivity contribution in [1.82, 2.24) is 0 Å². The van der Waals surface area contributed by atoms with Crippen LogP contribution in [0.5, 0.6) is 5.75 Å². The first kappa shape index (κ1) is 15.7. The Morgan fingerprint density at radius 1 is 1.25 bits per heavy atom. The number of carbonyl (C=O) groups excluding carboxylic acids is 1. The van der Waals surface area contributed by atoms with Crippen molar-refractivity contribution in [3.63, 3.8) is 0 Å². The Morgan fingerprint density at radius 3 is 2.96 bits per heavy atom. The molecule has 2 heterocycles. The van der Waals surface area contributed by atoms with Crippen LogP contribution in [-0.2, 0) is 19.3 Å². The maximum Gasteiger partial charge on any atom is 0.268 e. The number of ether oxygens (including phenoxy) is 1. The van der Waals surface area contributed by atoms with Crippen molar-refractivity contribution in [3.8, 4) is 5.75 Å². The highest BCUT2D eigenvalue weighted by molar-refractivity contribution is 7.14. The average molecular weight is 341 g/mol. The predicted molar refractivity (Wildman–Crippen MR) is 98.5 cm³/mol. The molecule has 0 saturated carbocycles. The van der Waals surface area contributed by atoms with Gasteiger partial charge >= 0.3 is 0 Å². The van der Waals surface area contributed by atoms with Crippen LogP contribution < -0.4 is 9.64 Å². The Hall–Kier alpha value is -1.81. The summed E-state index contributed by atoms with van der Waals surface area (Å²) in [7, 11) is 1.69. The van der Waals surface area contributed by atoms with Gasteiger partial charge in [-0.2, -0.15) is 0 Å². The van der Waals surface area contributed by atoms with Crippen LogP contribution in [0.15, 0.2) is 24.3 Å². The number of fused-ring (bicyclic) bond motifs is 2. The molecule has 1 aliphatic carbocycles. The Balaban J connectivity index is 1.64. The van der Waals surface area contributed by atoms with Crippen LogP contribution in [0.25, 0.3) is 0 Å². The van der Waals surface area contributed by atoms with Gasteiger partial charge in [-0.3, -0.25) is 4.79 Å². The molecule has 2 aromatic rings. The number of carbonyl (C=O) groups is 1. The SMILES string of the molecule is COc1ccc2c(c1)CCCN2C(=O)c1cc2c(s1)CC[C@H](C)C2. The number of methoxy groups -OCH3 is 1. The van der Waals surface area contributed by atoms with E-state index in [0.29, 0.717) is 0 Å². The number of amides is 1. The monoisotopic (exact) mass is 341 g/mol. The summed E-state index contributed by atoms with van der Waals surface area (Å²) in [5.74, 6) is 1.76. The number of hydrogen-bond donors (Lipinski definition) is 0. The zero-order chi connectivity index (χ0) is 16.7. The number of hydrogen-bond acceptors (Lipinski definition) is 3. The van der Waals surface area contributed by atoms with E-state index >= 15 is 0 Å². The van der Waals surface area contributed by atoms with Gasteiger partial charge in [0.1, 0.15) is 5.75 Å². The molecule has 0 bridgehead atoms. The number of rotatable bonds is 2. The minimum Gasteiger partial charge on any atom is -0.497 e. The molecule has 1 amide bonds. The van der Waals surface area contributed by atoms with Crippen molar-refractivity contribution >= 4 is 22.9 Å². The highest BCUT2D eigenvalue weighted by Crippen LogP contribution is 2.35. The molecule has 4 rings (SSSR count). The maximum atomic E-state index is 13.1. The van der Waals surface area contributed by atoms with Crippen LogP contribution >= 0.6 is 11.3 Å². The lowest BCUT2D eigenvalue weighted by molar-refractivity contribution is 0.0989. The minimum absolute atomic E-state index is 0.160. The van der Waals surface area contributed by atoms with Gasteiger partial charge in [-0.25, -0.2) is 0 Å². The van der Waals surface area contributed by atoms with E-state index in [4.69, 9.17) is 4.74 Å². The molecule has 1 atom stereocenters. The fourth-order valence-electron chi connectivity index (χ4n) is 3.86. The van der Waals surface area contributed by atoms with E-state index in [2.05, 4.69) is 19.1 Å². The second-order valence-electron chi connectivity index (χ2n) is 6.96. The molecule has 1 aromatic heterocycles. The third-order valence-electron chi connectivity index (χ3n) is 5.19. The first-order chi connectivity index (χ1) is 11.7. The van der Waals surface area contributed by atoms with Crippen LogP contribution in [0.4, 0.5) is 5.69 Å². The molecule has 0 fully saturated rings. The zero-order valence-corrected chi connectivity index (χ0v) is 15.1. The molecular formula is C20H23NO2S. The molecule has 0 N–H and O–H groups in total. The standard InChI is InChI=1S/C20H23NO2S/c1-13-5-8-18-15(10-13)12-19(24-18)20(22)21-9-3-4-14-11-16(23-2)6-7-17(14)21/h6-7,11-13H,3-5,8-10H2,1-2H3/t13-/m0/s1.